The monoisotopic (exact) mass is 241 g/mol. The third kappa shape index (κ3) is 3.59. The lowest BCUT2D eigenvalue weighted by atomic mass is 10.3. The first-order chi connectivity index (χ1) is 7.90. The maximum absolute atomic E-state index is 11.3. The van der Waals surface area contributed by atoms with Crippen LogP contribution in [-0.4, -0.2) is 32.6 Å². The van der Waals surface area contributed by atoms with E-state index in [1.165, 1.54) is 6.92 Å². The Kier molecular flexibility index (Phi) is 3.81. The fourth-order valence-corrected chi connectivity index (χ4v) is 1.07. The van der Waals surface area contributed by atoms with Crippen LogP contribution in [0.25, 0.3) is 0 Å². The summed E-state index contributed by atoms with van der Waals surface area (Å²) in [6.45, 7) is 0.948. The molecule has 1 aromatic rings. The molecule has 8 heteroatoms. The number of hydrogen-bond donors (Lipinski definition) is 3. The molecule has 1 atom stereocenters. The van der Waals surface area contributed by atoms with Crippen LogP contribution in [0.4, 0.5) is 0 Å². The van der Waals surface area contributed by atoms with Crippen LogP contribution in [0.1, 0.15) is 6.92 Å². The molecule has 8 nitrogen and oxygen atoms in total. The Balaban J connectivity index is 2.72. The fourth-order valence-electron chi connectivity index (χ4n) is 1.07. The number of rotatable bonds is 4. The van der Waals surface area contributed by atoms with E-state index < -0.39 is 29.2 Å². The van der Waals surface area contributed by atoms with Gasteiger partial charge in [-0.15, -0.1) is 0 Å². The molecule has 0 aliphatic carbocycles. The molecular weight excluding hydrogens is 230 g/mol. The molecule has 1 rings (SSSR count). The Morgan fingerprint density at radius 3 is 2.71 bits per heavy atom. The van der Waals surface area contributed by atoms with E-state index >= 15 is 0 Å². The fraction of sp³-hybridized carbons (Fsp3) is 0.333. The van der Waals surface area contributed by atoms with Gasteiger partial charge in [0.25, 0.3) is 5.56 Å². The van der Waals surface area contributed by atoms with Crippen molar-refractivity contribution >= 4 is 11.9 Å². The second-order valence-corrected chi connectivity index (χ2v) is 3.37. The topological polar surface area (TPSA) is 121 Å². The SMILES string of the molecule is C[C@@H](NC(=O)Cn1ccc(=O)[nH]c1=O)C(=O)O. The van der Waals surface area contributed by atoms with Crippen LogP contribution in [0.2, 0.25) is 0 Å². The Bertz CT molecular complexity index is 544. The van der Waals surface area contributed by atoms with E-state index in [-0.39, 0.29) is 6.54 Å². The van der Waals surface area contributed by atoms with Crippen molar-refractivity contribution in [3.63, 3.8) is 0 Å². The number of carbonyl (C=O) groups excluding carboxylic acids is 1. The van der Waals surface area contributed by atoms with Gasteiger partial charge in [-0.1, -0.05) is 0 Å². The molecule has 0 radical (unpaired) electrons. The van der Waals surface area contributed by atoms with E-state index in [0.29, 0.717) is 0 Å². The molecule has 0 aliphatic heterocycles. The van der Waals surface area contributed by atoms with E-state index in [9.17, 15) is 19.2 Å². The number of carboxylic acid groups (broad SMARTS) is 1. The van der Waals surface area contributed by atoms with Gasteiger partial charge in [-0.3, -0.25) is 23.9 Å². The Morgan fingerprint density at radius 2 is 2.18 bits per heavy atom. The van der Waals surface area contributed by atoms with Gasteiger partial charge >= 0.3 is 11.7 Å². The summed E-state index contributed by atoms with van der Waals surface area (Å²) in [5, 5.41) is 10.7. The average Bonchev–Trinajstić information content (AvgIpc) is 2.22. The average molecular weight is 241 g/mol. The molecule has 0 unspecified atom stereocenters. The second kappa shape index (κ2) is 5.10. The highest BCUT2D eigenvalue weighted by Crippen LogP contribution is 1.83. The number of carboxylic acids is 1. The van der Waals surface area contributed by atoms with Crippen molar-refractivity contribution in [2.45, 2.75) is 19.5 Å². The molecule has 0 aliphatic rings. The number of H-pyrrole nitrogens is 1. The molecule has 1 aromatic heterocycles. The van der Waals surface area contributed by atoms with E-state index in [1.807, 2.05) is 4.98 Å². The van der Waals surface area contributed by atoms with Gasteiger partial charge in [0.15, 0.2) is 0 Å². The summed E-state index contributed by atoms with van der Waals surface area (Å²) in [5.41, 5.74) is -1.29. The van der Waals surface area contributed by atoms with Crippen molar-refractivity contribution in [3.05, 3.63) is 33.1 Å². The molecule has 0 fully saturated rings. The van der Waals surface area contributed by atoms with Gasteiger partial charge in [-0.2, -0.15) is 0 Å². The predicted octanol–water partition coefficient (Wildman–Crippen LogP) is -1.87. The molecule has 92 valence electrons. The minimum Gasteiger partial charge on any atom is -0.480 e. The molecule has 0 saturated carbocycles. The molecule has 0 aromatic carbocycles. The van der Waals surface area contributed by atoms with Gasteiger partial charge in [0.1, 0.15) is 12.6 Å². The summed E-state index contributed by atoms with van der Waals surface area (Å²) >= 11 is 0. The maximum atomic E-state index is 11.3. The number of aromatic amines is 1. The number of nitrogens with one attached hydrogen (secondary N) is 2. The number of hydrogen-bond acceptors (Lipinski definition) is 4. The predicted molar refractivity (Wildman–Crippen MR) is 56.6 cm³/mol. The van der Waals surface area contributed by atoms with Crippen molar-refractivity contribution in [2.24, 2.45) is 0 Å². The van der Waals surface area contributed by atoms with E-state index in [4.69, 9.17) is 5.11 Å². The van der Waals surface area contributed by atoms with Gasteiger partial charge in [0.05, 0.1) is 0 Å². The summed E-state index contributed by atoms with van der Waals surface area (Å²) in [4.78, 5) is 45.7. The van der Waals surface area contributed by atoms with Crippen molar-refractivity contribution in [3.8, 4) is 0 Å². The normalized spacial score (nSPS) is 11.8. The molecule has 17 heavy (non-hydrogen) atoms. The Labute approximate surface area is 94.9 Å². The van der Waals surface area contributed by atoms with Crippen molar-refractivity contribution < 1.29 is 14.7 Å². The first-order valence-corrected chi connectivity index (χ1v) is 4.72. The Hall–Kier alpha value is -2.38. The first kappa shape index (κ1) is 12.7. The van der Waals surface area contributed by atoms with Crippen molar-refractivity contribution in [1.29, 1.82) is 0 Å². The van der Waals surface area contributed by atoms with E-state index in [1.54, 1.807) is 0 Å². The molecule has 0 saturated heterocycles. The minimum atomic E-state index is -1.17. The first-order valence-electron chi connectivity index (χ1n) is 4.72. The molecule has 3 N–H and O–H groups in total. The van der Waals surface area contributed by atoms with Crippen LogP contribution in [0, 0.1) is 0 Å². The third-order valence-corrected chi connectivity index (χ3v) is 1.96. The standard InChI is InChI=1S/C9H11N3O5/c1-5(8(15)16)10-7(14)4-12-3-2-6(13)11-9(12)17/h2-3,5H,4H2,1H3,(H,10,14)(H,15,16)(H,11,13,17)/t5-/m1/s1. The van der Waals surface area contributed by atoms with Gasteiger partial charge in [-0.05, 0) is 6.92 Å². The molecule has 1 amide bonds. The third-order valence-electron chi connectivity index (χ3n) is 1.96. The number of nitrogens with zero attached hydrogens (tertiary/aromatic N) is 1. The van der Waals surface area contributed by atoms with Crippen molar-refractivity contribution in [2.75, 3.05) is 0 Å². The van der Waals surface area contributed by atoms with Crippen LogP contribution in [0.5, 0.6) is 0 Å². The number of amides is 1. The summed E-state index contributed by atoms with van der Waals surface area (Å²) in [5.74, 6) is -1.80. The van der Waals surface area contributed by atoms with E-state index in [2.05, 4.69) is 5.32 Å². The van der Waals surface area contributed by atoms with Crippen LogP contribution < -0.4 is 16.6 Å². The quantitative estimate of drug-likeness (QED) is 0.570. The van der Waals surface area contributed by atoms with E-state index in [0.717, 1.165) is 16.8 Å². The highest BCUT2D eigenvalue weighted by molar-refractivity contribution is 5.82. The van der Waals surface area contributed by atoms with Crippen LogP contribution in [0.15, 0.2) is 21.9 Å². The lowest BCUT2D eigenvalue weighted by Gasteiger charge is -2.09. The number of aliphatic carboxylic acids is 1. The summed E-state index contributed by atoms with van der Waals surface area (Å²) in [6.07, 6.45) is 1.16. The zero-order valence-electron chi connectivity index (χ0n) is 8.97. The molecular formula is C9H11N3O5. The highest BCUT2D eigenvalue weighted by atomic mass is 16.4. The summed E-state index contributed by atoms with van der Waals surface area (Å²) in [6, 6.07) is 0.0518. The van der Waals surface area contributed by atoms with Gasteiger partial charge in [-0.25, -0.2) is 4.79 Å². The van der Waals surface area contributed by atoms with Crippen molar-refractivity contribution in [1.82, 2.24) is 14.9 Å². The zero-order valence-corrected chi connectivity index (χ0v) is 8.97. The van der Waals surface area contributed by atoms with Crippen LogP contribution in [-0.2, 0) is 16.1 Å². The Morgan fingerprint density at radius 1 is 1.53 bits per heavy atom. The van der Waals surface area contributed by atoms with Gasteiger partial charge in [0.2, 0.25) is 5.91 Å². The molecule has 1 heterocycles. The lowest BCUT2D eigenvalue weighted by Crippen LogP contribution is -2.42. The zero-order chi connectivity index (χ0) is 13.0. The van der Waals surface area contributed by atoms with Crippen LogP contribution >= 0.6 is 0 Å². The smallest absolute Gasteiger partial charge is 0.328 e. The lowest BCUT2D eigenvalue weighted by molar-refractivity contribution is -0.141. The number of aromatic nitrogens is 2. The molecule has 0 bridgehead atoms. The summed E-state index contributed by atoms with van der Waals surface area (Å²) < 4.78 is 0.964. The van der Waals surface area contributed by atoms with Gasteiger partial charge < -0.3 is 10.4 Å². The molecule has 0 spiro atoms. The largest absolute Gasteiger partial charge is 0.480 e. The number of carbonyl (C=O) groups is 2. The van der Waals surface area contributed by atoms with Crippen LogP contribution in [0.3, 0.4) is 0 Å². The van der Waals surface area contributed by atoms with Gasteiger partial charge in [0, 0.05) is 12.3 Å². The minimum absolute atomic E-state index is 0.354. The summed E-state index contributed by atoms with van der Waals surface area (Å²) in [7, 11) is 0. The highest BCUT2D eigenvalue weighted by Gasteiger charge is 2.14. The second-order valence-electron chi connectivity index (χ2n) is 3.37. The maximum Gasteiger partial charge on any atom is 0.328 e.